The van der Waals surface area contributed by atoms with Crippen LogP contribution in [0, 0.1) is 0 Å². The molecule has 1 N–H and O–H groups in total. The van der Waals surface area contributed by atoms with Gasteiger partial charge in [0.05, 0.1) is 11.8 Å². The van der Waals surface area contributed by atoms with Gasteiger partial charge in [0.2, 0.25) is 0 Å². The molecule has 0 aliphatic heterocycles. The zero-order valence-corrected chi connectivity index (χ0v) is 9.30. The molecule has 0 atom stereocenters. The van der Waals surface area contributed by atoms with Crippen LogP contribution in [0.3, 0.4) is 0 Å². The van der Waals surface area contributed by atoms with Crippen molar-refractivity contribution in [3.05, 3.63) is 48.1 Å². The molecule has 0 saturated heterocycles. The number of hydrogen-bond donors (Lipinski definition) is 1. The van der Waals surface area contributed by atoms with Crippen LogP contribution in [0.4, 0.5) is 0 Å². The lowest BCUT2D eigenvalue weighted by atomic mass is 10.2. The molecule has 1 amide bonds. The van der Waals surface area contributed by atoms with Gasteiger partial charge in [-0.3, -0.25) is 9.78 Å². The average Bonchev–Trinajstić information content (AvgIpc) is 2.88. The molecule has 2 rings (SSSR count). The molecule has 17 heavy (non-hydrogen) atoms. The number of pyridine rings is 1. The minimum atomic E-state index is -0.0941. The molecule has 0 aliphatic rings. The highest BCUT2D eigenvalue weighted by atomic mass is 16.5. The van der Waals surface area contributed by atoms with Crippen LogP contribution in [0.25, 0.3) is 0 Å². The van der Waals surface area contributed by atoms with Gasteiger partial charge in [0, 0.05) is 24.5 Å². The summed E-state index contributed by atoms with van der Waals surface area (Å²) in [5, 5.41) is 6.44. The van der Waals surface area contributed by atoms with E-state index in [1.807, 2.05) is 0 Å². The molecule has 0 saturated carbocycles. The molecule has 2 heterocycles. The van der Waals surface area contributed by atoms with Gasteiger partial charge in [-0.15, -0.1) is 0 Å². The smallest absolute Gasteiger partial charge is 0.252 e. The van der Waals surface area contributed by atoms with E-state index in [1.165, 1.54) is 0 Å². The van der Waals surface area contributed by atoms with Crippen molar-refractivity contribution < 1.29 is 9.32 Å². The molecule has 2 aromatic rings. The van der Waals surface area contributed by atoms with Crippen molar-refractivity contribution in [3.8, 4) is 0 Å². The Morgan fingerprint density at radius 2 is 2.35 bits per heavy atom. The normalized spacial score (nSPS) is 10.1. The Bertz CT molecular complexity index is 454. The molecule has 0 aromatic carbocycles. The van der Waals surface area contributed by atoms with Crippen molar-refractivity contribution in [1.29, 1.82) is 0 Å². The highest BCUT2D eigenvalue weighted by molar-refractivity contribution is 5.93. The molecule has 0 fully saturated rings. The van der Waals surface area contributed by atoms with E-state index in [2.05, 4.69) is 15.5 Å². The number of nitrogens with one attached hydrogen (secondary N) is 1. The Balaban J connectivity index is 1.70. The molecule has 88 valence electrons. The lowest BCUT2D eigenvalue weighted by molar-refractivity contribution is 0.0953. The van der Waals surface area contributed by atoms with Gasteiger partial charge in [-0.1, -0.05) is 5.16 Å². The summed E-state index contributed by atoms with van der Waals surface area (Å²) in [5.74, 6) is -0.0941. The Morgan fingerprint density at radius 3 is 3.06 bits per heavy atom. The average molecular weight is 231 g/mol. The second-order valence-electron chi connectivity index (χ2n) is 3.63. The Kier molecular flexibility index (Phi) is 3.85. The number of hydrogen-bond acceptors (Lipinski definition) is 4. The standard InChI is InChI=1S/C12H13N3O2/c16-12(11-4-2-5-13-8-11)14-6-1-3-10-7-15-17-9-10/h2,4-5,7-9H,1,3,6H2,(H,14,16). The van der Waals surface area contributed by atoms with E-state index in [-0.39, 0.29) is 5.91 Å². The third-order valence-corrected chi connectivity index (χ3v) is 2.33. The summed E-state index contributed by atoms with van der Waals surface area (Å²) in [6.07, 6.45) is 8.19. The maximum absolute atomic E-state index is 11.6. The summed E-state index contributed by atoms with van der Waals surface area (Å²) in [6, 6.07) is 3.48. The van der Waals surface area contributed by atoms with Gasteiger partial charge in [-0.2, -0.15) is 0 Å². The SMILES string of the molecule is O=C(NCCCc1cnoc1)c1cccnc1. The minimum Gasteiger partial charge on any atom is -0.364 e. The van der Waals surface area contributed by atoms with Crippen molar-refractivity contribution in [1.82, 2.24) is 15.5 Å². The largest absolute Gasteiger partial charge is 0.364 e. The number of carbonyl (C=O) groups excluding carboxylic acids is 1. The second kappa shape index (κ2) is 5.79. The zero-order chi connectivity index (χ0) is 11.9. The van der Waals surface area contributed by atoms with E-state index in [0.717, 1.165) is 18.4 Å². The minimum absolute atomic E-state index is 0.0941. The van der Waals surface area contributed by atoms with Gasteiger partial charge in [0.1, 0.15) is 6.26 Å². The molecule has 0 unspecified atom stereocenters. The van der Waals surface area contributed by atoms with Crippen molar-refractivity contribution >= 4 is 5.91 Å². The number of amides is 1. The molecule has 5 heteroatoms. The monoisotopic (exact) mass is 231 g/mol. The Labute approximate surface area is 98.8 Å². The highest BCUT2D eigenvalue weighted by Crippen LogP contribution is 2.00. The number of aromatic nitrogens is 2. The Hall–Kier alpha value is -2.17. The van der Waals surface area contributed by atoms with Gasteiger partial charge in [-0.05, 0) is 25.0 Å². The first-order chi connectivity index (χ1) is 8.36. The van der Waals surface area contributed by atoms with E-state index >= 15 is 0 Å². The van der Waals surface area contributed by atoms with Crippen LogP contribution in [0.5, 0.6) is 0 Å². The molecular formula is C12H13N3O2. The van der Waals surface area contributed by atoms with Gasteiger partial charge in [-0.25, -0.2) is 0 Å². The fourth-order valence-electron chi connectivity index (χ4n) is 1.44. The predicted molar refractivity (Wildman–Crippen MR) is 61.4 cm³/mol. The summed E-state index contributed by atoms with van der Waals surface area (Å²) < 4.78 is 4.72. The van der Waals surface area contributed by atoms with E-state index in [9.17, 15) is 4.79 Å². The predicted octanol–water partition coefficient (Wildman–Crippen LogP) is 1.43. The van der Waals surface area contributed by atoms with Crippen LogP contribution in [-0.4, -0.2) is 22.6 Å². The second-order valence-corrected chi connectivity index (χ2v) is 3.63. The molecule has 0 radical (unpaired) electrons. The first-order valence-electron chi connectivity index (χ1n) is 5.43. The molecule has 0 aliphatic carbocycles. The summed E-state index contributed by atoms with van der Waals surface area (Å²) in [4.78, 5) is 15.5. The summed E-state index contributed by atoms with van der Waals surface area (Å²) in [7, 11) is 0. The third kappa shape index (κ3) is 3.41. The van der Waals surface area contributed by atoms with Crippen LogP contribution in [0.15, 0.2) is 41.5 Å². The molecular weight excluding hydrogens is 218 g/mol. The fraction of sp³-hybridized carbons (Fsp3) is 0.250. The maximum Gasteiger partial charge on any atom is 0.252 e. The summed E-state index contributed by atoms with van der Waals surface area (Å²) in [5.41, 5.74) is 1.62. The third-order valence-electron chi connectivity index (χ3n) is 2.33. The fourth-order valence-corrected chi connectivity index (χ4v) is 1.44. The zero-order valence-electron chi connectivity index (χ0n) is 9.30. The molecule has 5 nitrogen and oxygen atoms in total. The van der Waals surface area contributed by atoms with Gasteiger partial charge in [0.25, 0.3) is 5.91 Å². The van der Waals surface area contributed by atoms with Gasteiger partial charge in [0.15, 0.2) is 0 Å². The number of carbonyl (C=O) groups is 1. The van der Waals surface area contributed by atoms with Crippen LogP contribution < -0.4 is 5.32 Å². The van der Waals surface area contributed by atoms with E-state index in [1.54, 1.807) is 37.0 Å². The van der Waals surface area contributed by atoms with Crippen LogP contribution >= 0.6 is 0 Å². The van der Waals surface area contributed by atoms with Crippen LogP contribution in [0.2, 0.25) is 0 Å². The van der Waals surface area contributed by atoms with Gasteiger partial charge >= 0.3 is 0 Å². The molecule has 0 spiro atoms. The van der Waals surface area contributed by atoms with Crippen molar-refractivity contribution in [2.45, 2.75) is 12.8 Å². The van der Waals surface area contributed by atoms with Crippen molar-refractivity contribution in [3.63, 3.8) is 0 Å². The lowest BCUT2D eigenvalue weighted by Gasteiger charge is -2.03. The van der Waals surface area contributed by atoms with Crippen LogP contribution in [0.1, 0.15) is 22.3 Å². The van der Waals surface area contributed by atoms with Crippen LogP contribution in [-0.2, 0) is 6.42 Å². The molecule has 0 bridgehead atoms. The maximum atomic E-state index is 11.6. The summed E-state index contributed by atoms with van der Waals surface area (Å²) in [6.45, 7) is 0.624. The quantitative estimate of drug-likeness (QED) is 0.790. The number of nitrogens with zero attached hydrogens (tertiary/aromatic N) is 2. The topological polar surface area (TPSA) is 68.0 Å². The van der Waals surface area contributed by atoms with Gasteiger partial charge < -0.3 is 9.84 Å². The number of aryl methyl sites for hydroxylation is 1. The first-order valence-corrected chi connectivity index (χ1v) is 5.43. The van der Waals surface area contributed by atoms with E-state index in [0.29, 0.717) is 12.1 Å². The summed E-state index contributed by atoms with van der Waals surface area (Å²) >= 11 is 0. The Morgan fingerprint density at radius 1 is 1.41 bits per heavy atom. The van der Waals surface area contributed by atoms with Crippen molar-refractivity contribution in [2.24, 2.45) is 0 Å². The van der Waals surface area contributed by atoms with Crippen molar-refractivity contribution in [2.75, 3.05) is 6.54 Å². The van der Waals surface area contributed by atoms with E-state index in [4.69, 9.17) is 4.52 Å². The first kappa shape index (κ1) is 11.3. The number of rotatable bonds is 5. The van der Waals surface area contributed by atoms with E-state index < -0.39 is 0 Å². The molecule has 2 aromatic heterocycles. The highest BCUT2D eigenvalue weighted by Gasteiger charge is 2.03. The lowest BCUT2D eigenvalue weighted by Crippen LogP contribution is -2.24.